The average molecular weight is 321 g/mol. The van der Waals surface area contributed by atoms with E-state index in [9.17, 15) is 5.11 Å². The molecule has 0 amide bonds. The van der Waals surface area contributed by atoms with E-state index in [2.05, 4.69) is 10.0 Å². The lowest BCUT2D eigenvalue weighted by Crippen LogP contribution is -2.63. The van der Waals surface area contributed by atoms with Crippen LogP contribution in [0.3, 0.4) is 0 Å². The van der Waals surface area contributed by atoms with Crippen LogP contribution in [0.5, 0.6) is 0 Å². The molecule has 0 radical (unpaired) electrons. The molecule has 2 fully saturated rings. The summed E-state index contributed by atoms with van der Waals surface area (Å²) < 4.78 is 22.7. The summed E-state index contributed by atoms with van der Waals surface area (Å²) in [5.41, 5.74) is 9.65. The smallest absolute Gasteiger partial charge is 0.192 e. The number of fused-ring (bicyclic) bond motifs is 1. The fourth-order valence-electron chi connectivity index (χ4n) is 3.00. The van der Waals surface area contributed by atoms with Gasteiger partial charge in [0.25, 0.3) is 0 Å². The van der Waals surface area contributed by atoms with Gasteiger partial charge in [-0.05, 0) is 12.5 Å². The molecule has 2 heterocycles. The summed E-state index contributed by atoms with van der Waals surface area (Å²) in [4.78, 5) is 2.82. The van der Waals surface area contributed by atoms with Gasteiger partial charge in [-0.1, -0.05) is 35.4 Å². The molecule has 8 nitrogen and oxygen atoms in total. The summed E-state index contributed by atoms with van der Waals surface area (Å²) in [6.45, 7) is 2.03. The van der Waals surface area contributed by atoms with Gasteiger partial charge in [-0.2, -0.15) is 0 Å². The van der Waals surface area contributed by atoms with Gasteiger partial charge in [-0.15, -0.1) is 0 Å². The van der Waals surface area contributed by atoms with Crippen LogP contribution in [0.25, 0.3) is 10.4 Å². The van der Waals surface area contributed by atoms with Gasteiger partial charge in [0, 0.05) is 17.6 Å². The first-order chi connectivity index (χ1) is 11.1. The van der Waals surface area contributed by atoms with Crippen LogP contribution in [0.4, 0.5) is 0 Å². The van der Waals surface area contributed by atoms with E-state index in [1.165, 1.54) is 7.11 Å². The maximum atomic E-state index is 10.3. The van der Waals surface area contributed by atoms with Crippen LogP contribution < -0.4 is 0 Å². The van der Waals surface area contributed by atoms with Crippen molar-refractivity contribution in [3.63, 3.8) is 0 Å². The van der Waals surface area contributed by atoms with Crippen LogP contribution >= 0.6 is 0 Å². The van der Waals surface area contributed by atoms with Crippen LogP contribution in [0.2, 0.25) is 0 Å². The van der Waals surface area contributed by atoms with Crippen LogP contribution in [0, 0.1) is 0 Å². The van der Waals surface area contributed by atoms with Crippen LogP contribution in [0.15, 0.2) is 35.4 Å². The van der Waals surface area contributed by atoms with E-state index in [4.69, 9.17) is 24.5 Å². The quantitative estimate of drug-likeness (QED) is 0.518. The third kappa shape index (κ3) is 2.92. The Morgan fingerprint density at radius 2 is 2.13 bits per heavy atom. The Balaban J connectivity index is 1.89. The highest BCUT2D eigenvalue weighted by molar-refractivity contribution is 5.20. The number of methoxy groups -OCH3 is 1. The normalized spacial score (nSPS) is 40.0. The number of rotatable bonds is 3. The number of benzene rings is 1. The van der Waals surface area contributed by atoms with Gasteiger partial charge in [-0.25, -0.2) is 0 Å². The second-order valence-electron chi connectivity index (χ2n) is 5.67. The zero-order valence-electron chi connectivity index (χ0n) is 12.9. The van der Waals surface area contributed by atoms with E-state index in [0.717, 1.165) is 5.56 Å². The average Bonchev–Trinajstić information content (AvgIpc) is 2.58. The number of hydrogen-bond donors (Lipinski definition) is 1. The van der Waals surface area contributed by atoms with E-state index in [-0.39, 0.29) is 6.61 Å². The van der Waals surface area contributed by atoms with Crippen molar-refractivity contribution in [3.05, 3.63) is 46.3 Å². The zero-order valence-corrected chi connectivity index (χ0v) is 12.9. The fourth-order valence-corrected chi connectivity index (χ4v) is 3.00. The molecule has 0 spiro atoms. The molecule has 124 valence electrons. The second kappa shape index (κ2) is 6.45. The molecule has 3 rings (SSSR count). The van der Waals surface area contributed by atoms with E-state index in [1.807, 2.05) is 30.3 Å². The van der Waals surface area contributed by atoms with Crippen molar-refractivity contribution in [2.24, 2.45) is 5.11 Å². The van der Waals surface area contributed by atoms with Gasteiger partial charge >= 0.3 is 0 Å². The summed E-state index contributed by atoms with van der Waals surface area (Å²) in [6, 6.07) is 8.63. The Kier molecular flexibility index (Phi) is 4.54. The largest absolute Gasteiger partial charge is 0.387 e. The van der Waals surface area contributed by atoms with Crippen molar-refractivity contribution in [1.82, 2.24) is 0 Å². The van der Waals surface area contributed by atoms with Crippen LogP contribution in [-0.2, 0) is 24.7 Å². The minimum atomic E-state index is -1.12. The summed E-state index contributed by atoms with van der Waals surface area (Å²) in [6.07, 6.45) is -3.13. The van der Waals surface area contributed by atoms with Crippen molar-refractivity contribution in [1.29, 1.82) is 0 Å². The highest BCUT2D eigenvalue weighted by Crippen LogP contribution is 2.39. The van der Waals surface area contributed by atoms with Gasteiger partial charge in [0.1, 0.15) is 18.3 Å². The molecule has 1 aromatic rings. The fraction of sp³-hybridized carbons (Fsp3) is 0.600. The van der Waals surface area contributed by atoms with Crippen molar-refractivity contribution in [3.8, 4) is 0 Å². The minimum absolute atomic E-state index is 0.236. The van der Waals surface area contributed by atoms with Gasteiger partial charge in [0.2, 0.25) is 0 Å². The number of aliphatic hydroxyl groups is 1. The van der Waals surface area contributed by atoms with E-state index in [1.54, 1.807) is 6.92 Å². The maximum absolute atomic E-state index is 10.3. The Bertz CT molecular complexity index is 594. The Morgan fingerprint density at radius 1 is 1.39 bits per heavy atom. The molecule has 2 saturated heterocycles. The predicted octanol–water partition coefficient (Wildman–Crippen LogP) is 1.69. The lowest BCUT2D eigenvalue weighted by Gasteiger charge is -2.49. The monoisotopic (exact) mass is 321 g/mol. The third-order valence-corrected chi connectivity index (χ3v) is 4.24. The standard InChI is InChI=1S/C15H19N3O5/c1-15(9-6-4-3-5-7-9)21-8-10-13(23-15)11(17-18-16)12(19)14(20-2)22-10/h3-7,10-14,19H,8H2,1-2H3/t10-,11+,12+,13+,14-,15+/m1/s1. The first kappa shape index (κ1) is 16.2. The Morgan fingerprint density at radius 3 is 2.78 bits per heavy atom. The molecule has 1 aromatic carbocycles. The molecule has 6 atom stereocenters. The van der Waals surface area contributed by atoms with Crippen molar-refractivity contribution in [2.75, 3.05) is 13.7 Å². The number of ether oxygens (including phenoxy) is 4. The van der Waals surface area contributed by atoms with Crippen LogP contribution in [0.1, 0.15) is 12.5 Å². The molecule has 0 unspecified atom stereocenters. The zero-order chi connectivity index (χ0) is 16.4. The van der Waals surface area contributed by atoms with E-state index in [0.29, 0.717) is 0 Å². The summed E-state index contributed by atoms with van der Waals surface area (Å²) in [5, 5.41) is 14.0. The lowest BCUT2D eigenvalue weighted by atomic mass is 9.94. The molecule has 0 aliphatic carbocycles. The SMILES string of the molecule is CO[C@@H]1O[C@@H]2CO[C@](C)(c3ccccc3)O[C@@H]2[C@@H](N=[N+]=[N-])[C@@H]1O. The highest BCUT2D eigenvalue weighted by Gasteiger charge is 2.52. The molecule has 23 heavy (non-hydrogen) atoms. The Labute approximate surface area is 133 Å². The molecule has 1 N–H and O–H groups in total. The van der Waals surface area contributed by atoms with E-state index >= 15 is 0 Å². The Hall–Kier alpha value is -1.67. The summed E-state index contributed by atoms with van der Waals surface area (Å²) in [5.74, 6) is -1.01. The predicted molar refractivity (Wildman–Crippen MR) is 79.2 cm³/mol. The number of nitrogens with zero attached hydrogens (tertiary/aromatic N) is 3. The third-order valence-electron chi connectivity index (χ3n) is 4.24. The van der Waals surface area contributed by atoms with Gasteiger partial charge < -0.3 is 24.1 Å². The molecular weight excluding hydrogens is 302 g/mol. The highest BCUT2D eigenvalue weighted by atomic mass is 16.8. The molecular formula is C15H19N3O5. The molecule has 0 saturated carbocycles. The lowest BCUT2D eigenvalue weighted by molar-refractivity contribution is -0.373. The van der Waals surface area contributed by atoms with Crippen molar-refractivity contribution >= 4 is 0 Å². The summed E-state index contributed by atoms with van der Waals surface area (Å²) in [7, 11) is 1.42. The number of azide groups is 1. The van der Waals surface area contributed by atoms with Crippen molar-refractivity contribution in [2.45, 2.75) is 43.4 Å². The minimum Gasteiger partial charge on any atom is -0.387 e. The molecule has 0 aromatic heterocycles. The topological polar surface area (TPSA) is 106 Å². The first-order valence-corrected chi connectivity index (χ1v) is 7.37. The summed E-state index contributed by atoms with van der Waals surface area (Å²) >= 11 is 0. The first-order valence-electron chi connectivity index (χ1n) is 7.37. The molecule has 8 heteroatoms. The molecule has 0 bridgehead atoms. The number of aliphatic hydroxyl groups excluding tert-OH is 1. The number of hydrogen-bond acceptors (Lipinski definition) is 6. The molecule has 2 aliphatic rings. The van der Waals surface area contributed by atoms with Gasteiger partial charge in [0.15, 0.2) is 12.1 Å². The second-order valence-corrected chi connectivity index (χ2v) is 5.67. The maximum Gasteiger partial charge on any atom is 0.192 e. The van der Waals surface area contributed by atoms with Crippen molar-refractivity contribution < 1.29 is 24.1 Å². The van der Waals surface area contributed by atoms with Gasteiger partial charge in [0.05, 0.1) is 12.6 Å². The molecule has 2 aliphatic heterocycles. The van der Waals surface area contributed by atoms with E-state index < -0.39 is 36.4 Å². The van der Waals surface area contributed by atoms with Crippen LogP contribution in [-0.4, -0.2) is 49.5 Å². The van der Waals surface area contributed by atoms with Gasteiger partial charge in [-0.3, -0.25) is 0 Å².